The van der Waals surface area contributed by atoms with Gasteiger partial charge in [-0.3, -0.25) is 0 Å². The number of hydrogen-bond donors (Lipinski definition) is 3. The van der Waals surface area contributed by atoms with E-state index in [1.165, 1.54) is 0 Å². The van der Waals surface area contributed by atoms with Gasteiger partial charge in [0.25, 0.3) is 0 Å². The van der Waals surface area contributed by atoms with Gasteiger partial charge in [-0.1, -0.05) is 13.8 Å². The summed E-state index contributed by atoms with van der Waals surface area (Å²) < 4.78 is 16.0. The number of carboxylic acid groups (broad SMARTS) is 2. The molecule has 0 aliphatic heterocycles. The van der Waals surface area contributed by atoms with Crippen LogP contribution in [0.5, 0.6) is 17.2 Å². The van der Waals surface area contributed by atoms with Gasteiger partial charge < -0.3 is 29.7 Å². The summed E-state index contributed by atoms with van der Waals surface area (Å²) in [7, 11) is 3.25. The number of rotatable bonds is 9. The molecule has 0 saturated carbocycles. The van der Waals surface area contributed by atoms with E-state index >= 15 is 0 Å². The Hall–Kier alpha value is -2.74. The minimum absolute atomic E-state index is 0.471. The molecule has 0 aliphatic rings. The fourth-order valence-corrected chi connectivity index (χ4v) is 1.52. The van der Waals surface area contributed by atoms with Gasteiger partial charge in [0, 0.05) is 42.9 Å². The molecule has 0 heterocycles. The van der Waals surface area contributed by atoms with E-state index in [2.05, 4.69) is 19.2 Å². The molecule has 0 amide bonds. The fourth-order valence-electron chi connectivity index (χ4n) is 1.52. The lowest BCUT2D eigenvalue weighted by Gasteiger charge is -2.11. The van der Waals surface area contributed by atoms with Crippen molar-refractivity contribution in [3.63, 3.8) is 0 Å². The van der Waals surface area contributed by atoms with Gasteiger partial charge in [-0.05, 0) is 0 Å². The Balaban J connectivity index is 0.000000609. The Labute approximate surface area is 147 Å². The van der Waals surface area contributed by atoms with Crippen LogP contribution < -0.4 is 19.5 Å². The van der Waals surface area contributed by atoms with Gasteiger partial charge in [0.2, 0.25) is 0 Å². The van der Waals surface area contributed by atoms with Crippen molar-refractivity contribution in [1.82, 2.24) is 5.32 Å². The molecule has 0 atom stereocenters. The van der Waals surface area contributed by atoms with Crippen LogP contribution in [-0.4, -0.2) is 55.6 Å². The van der Waals surface area contributed by atoms with Crippen LogP contribution in [0.3, 0.4) is 0 Å². The normalized spacial score (nSPS) is 10.1. The number of aliphatic carboxylic acids is 2. The van der Waals surface area contributed by atoms with Gasteiger partial charge in [-0.2, -0.15) is 0 Å². The summed E-state index contributed by atoms with van der Waals surface area (Å²) in [6.07, 6.45) is 1.12. The van der Waals surface area contributed by atoms with E-state index < -0.39 is 11.9 Å². The van der Waals surface area contributed by atoms with Crippen molar-refractivity contribution in [3.8, 4) is 17.2 Å². The van der Waals surface area contributed by atoms with Crippen LogP contribution >= 0.6 is 0 Å². The lowest BCUT2D eigenvalue weighted by atomic mass is 10.3. The van der Waals surface area contributed by atoms with Crippen molar-refractivity contribution in [2.24, 2.45) is 0 Å². The summed E-state index contributed by atoms with van der Waals surface area (Å²) in [5.41, 5.74) is 0. The maximum Gasteiger partial charge on any atom is 0.328 e. The van der Waals surface area contributed by atoms with E-state index in [-0.39, 0.29) is 0 Å². The highest BCUT2D eigenvalue weighted by Crippen LogP contribution is 2.27. The number of ether oxygens (including phenoxy) is 3. The largest absolute Gasteiger partial charge is 0.496 e. The van der Waals surface area contributed by atoms with Crippen LogP contribution in [0, 0.1) is 0 Å². The highest BCUT2D eigenvalue weighted by atomic mass is 16.5. The lowest BCUT2D eigenvalue weighted by Crippen LogP contribution is -2.27. The molecular weight excluding hydrogens is 330 g/mol. The van der Waals surface area contributed by atoms with Crippen molar-refractivity contribution in [2.45, 2.75) is 19.9 Å². The summed E-state index contributed by atoms with van der Waals surface area (Å²) in [5, 5.41) is 18.9. The third-order valence-electron chi connectivity index (χ3n) is 2.62. The molecule has 0 aromatic heterocycles. The third kappa shape index (κ3) is 12.4. The van der Waals surface area contributed by atoms with E-state index in [4.69, 9.17) is 24.4 Å². The Morgan fingerprint density at radius 3 is 1.80 bits per heavy atom. The predicted octanol–water partition coefficient (Wildman–Crippen LogP) is 1.79. The molecule has 140 valence electrons. The van der Waals surface area contributed by atoms with Gasteiger partial charge in [-0.15, -0.1) is 0 Å². The Kier molecular flexibility index (Phi) is 11.3. The fraction of sp³-hybridized carbons (Fsp3) is 0.412. The quantitative estimate of drug-likeness (QED) is 0.454. The van der Waals surface area contributed by atoms with Gasteiger partial charge in [-0.25, -0.2) is 9.59 Å². The van der Waals surface area contributed by atoms with E-state index in [0.29, 0.717) is 24.8 Å². The van der Waals surface area contributed by atoms with E-state index in [0.717, 1.165) is 23.8 Å². The lowest BCUT2D eigenvalue weighted by molar-refractivity contribution is -0.134. The molecule has 8 nitrogen and oxygen atoms in total. The Morgan fingerprint density at radius 1 is 1.00 bits per heavy atom. The van der Waals surface area contributed by atoms with Gasteiger partial charge >= 0.3 is 11.9 Å². The number of nitrogens with one attached hydrogen (secondary N) is 1. The van der Waals surface area contributed by atoms with Crippen molar-refractivity contribution in [1.29, 1.82) is 0 Å². The average Bonchev–Trinajstić information content (AvgIpc) is 2.57. The van der Waals surface area contributed by atoms with Crippen molar-refractivity contribution >= 4 is 11.9 Å². The summed E-state index contributed by atoms with van der Waals surface area (Å²) >= 11 is 0. The molecule has 8 heteroatoms. The maximum absolute atomic E-state index is 9.55. The van der Waals surface area contributed by atoms with Crippen molar-refractivity contribution in [3.05, 3.63) is 30.4 Å². The van der Waals surface area contributed by atoms with Crippen LogP contribution in [0.4, 0.5) is 0 Å². The molecule has 0 radical (unpaired) electrons. The zero-order chi connectivity index (χ0) is 19.2. The molecule has 0 fully saturated rings. The zero-order valence-corrected chi connectivity index (χ0v) is 14.8. The standard InChI is InChI=1S/C13H21NO3.C4H4O4/c1-10(2)14-5-6-17-13-8-11(15-3)7-12(9-13)16-4;5-3(6)1-2-4(7)8/h7-10,14H,5-6H2,1-4H3;1-2H,(H,5,6)(H,7,8)/b;2-1-. The third-order valence-corrected chi connectivity index (χ3v) is 2.62. The predicted molar refractivity (Wildman–Crippen MR) is 92.6 cm³/mol. The molecule has 3 N–H and O–H groups in total. The smallest absolute Gasteiger partial charge is 0.328 e. The summed E-state index contributed by atoms with van der Waals surface area (Å²) in [4.78, 5) is 19.1. The number of hydrogen-bond acceptors (Lipinski definition) is 6. The van der Waals surface area contributed by atoms with Crippen molar-refractivity contribution < 1.29 is 34.0 Å². The van der Waals surface area contributed by atoms with Crippen molar-refractivity contribution in [2.75, 3.05) is 27.4 Å². The first-order valence-corrected chi connectivity index (χ1v) is 7.51. The summed E-state index contributed by atoms with van der Waals surface area (Å²) in [6.45, 7) is 5.65. The van der Waals surface area contributed by atoms with Gasteiger partial charge in [0.1, 0.15) is 23.9 Å². The first kappa shape index (κ1) is 22.3. The molecule has 0 saturated heterocycles. The minimum Gasteiger partial charge on any atom is -0.496 e. The molecule has 1 rings (SSSR count). The number of carbonyl (C=O) groups is 2. The zero-order valence-electron chi connectivity index (χ0n) is 14.8. The van der Waals surface area contributed by atoms with Crippen LogP contribution in [0.1, 0.15) is 13.8 Å². The SMILES string of the molecule is COc1cc(OC)cc(OCCNC(C)C)c1.O=C(O)/C=C\C(=O)O. The Morgan fingerprint density at radius 2 is 1.44 bits per heavy atom. The first-order valence-electron chi connectivity index (χ1n) is 7.51. The highest BCUT2D eigenvalue weighted by Gasteiger charge is 2.02. The second-order valence-corrected chi connectivity index (χ2v) is 5.02. The average molecular weight is 355 g/mol. The minimum atomic E-state index is -1.26. The number of methoxy groups -OCH3 is 2. The number of benzene rings is 1. The second-order valence-electron chi connectivity index (χ2n) is 5.02. The molecule has 0 unspecified atom stereocenters. The number of carboxylic acids is 2. The van der Waals surface area contributed by atoms with Crippen LogP contribution in [0.25, 0.3) is 0 Å². The highest BCUT2D eigenvalue weighted by molar-refractivity contribution is 5.89. The van der Waals surface area contributed by atoms with Crippen LogP contribution in [0.2, 0.25) is 0 Å². The topological polar surface area (TPSA) is 114 Å². The molecule has 1 aromatic carbocycles. The Bertz CT molecular complexity index is 532. The van der Waals surface area contributed by atoms with E-state index in [1.807, 2.05) is 18.2 Å². The molecule has 0 spiro atoms. The summed E-state index contributed by atoms with van der Waals surface area (Å²) in [5.74, 6) is -0.293. The molecule has 0 aliphatic carbocycles. The van der Waals surface area contributed by atoms with E-state index in [1.54, 1.807) is 14.2 Å². The van der Waals surface area contributed by atoms with Crippen LogP contribution in [0.15, 0.2) is 30.4 Å². The monoisotopic (exact) mass is 355 g/mol. The van der Waals surface area contributed by atoms with Crippen LogP contribution in [-0.2, 0) is 9.59 Å². The van der Waals surface area contributed by atoms with Gasteiger partial charge in [0.05, 0.1) is 14.2 Å². The van der Waals surface area contributed by atoms with Gasteiger partial charge in [0.15, 0.2) is 0 Å². The molecule has 1 aromatic rings. The molecule has 25 heavy (non-hydrogen) atoms. The summed E-state index contributed by atoms with van der Waals surface area (Å²) in [6, 6.07) is 5.98. The molecule has 0 bridgehead atoms. The maximum atomic E-state index is 9.55. The second kappa shape index (κ2) is 12.7. The molecular formula is C17H25NO7. The first-order chi connectivity index (χ1) is 11.8. The van der Waals surface area contributed by atoms with E-state index in [9.17, 15) is 9.59 Å².